The van der Waals surface area contributed by atoms with Gasteiger partial charge in [0.15, 0.2) is 5.82 Å². The molecule has 2 heterocycles. The summed E-state index contributed by atoms with van der Waals surface area (Å²) >= 11 is 0. The van der Waals surface area contributed by atoms with Gasteiger partial charge >= 0.3 is 0 Å². The lowest BCUT2D eigenvalue weighted by atomic mass is 10.0. The Morgan fingerprint density at radius 2 is 2.53 bits per heavy atom. The minimum absolute atomic E-state index is 0.0135. The van der Waals surface area contributed by atoms with Crippen LogP contribution in [0.5, 0.6) is 0 Å². The van der Waals surface area contributed by atoms with Crippen LogP contribution >= 0.6 is 0 Å². The number of aromatic nitrogens is 3. The van der Waals surface area contributed by atoms with Gasteiger partial charge in [0.2, 0.25) is 5.91 Å². The van der Waals surface area contributed by atoms with Gasteiger partial charge in [-0.25, -0.2) is 4.98 Å². The minimum atomic E-state index is -0.0135. The van der Waals surface area contributed by atoms with Gasteiger partial charge in [-0.1, -0.05) is 6.42 Å². The Labute approximate surface area is 101 Å². The normalized spacial score (nSPS) is 20.2. The molecule has 1 atom stereocenters. The van der Waals surface area contributed by atoms with Crippen LogP contribution < -0.4 is 10.6 Å². The molecule has 0 unspecified atom stereocenters. The second kappa shape index (κ2) is 5.77. The SMILES string of the molecule is Cn1cnc(CCNC(=O)[C@@H]2CCCCN2)n1. The maximum Gasteiger partial charge on any atom is 0.237 e. The van der Waals surface area contributed by atoms with E-state index in [9.17, 15) is 4.79 Å². The molecule has 0 bridgehead atoms. The molecule has 17 heavy (non-hydrogen) atoms. The van der Waals surface area contributed by atoms with Crippen LogP contribution in [0, 0.1) is 0 Å². The Kier molecular flexibility index (Phi) is 4.08. The molecule has 6 nitrogen and oxygen atoms in total. The summed E-state index contributed by atoms with van der Waals surface area (Å²) in [5.74, 6) is 0.866. The van der Waals surface area contributed by atoms with Gasteiger partial charge in [0.1, 0.15) is 6.33 Å². The number of carbonyl (C=O) groups excluding carboxylic acids is 1. The third kappa shape index (κ3) is 3.52. The highest BCUT2D eigenvalue weighted by Crippen LogP contribution is 2.06. The molecule has 0 aromatic carbocycles. The number of hydrogen-bond donors (Lipinski definition) is 2. The molecule has 1 aliphatic rings. The van der Waals surface area contributed by atoms with Gasteiger partial charge < -0.3 is 10.6 Å². The van der Waals surface area contributed by atoms with E-state index in [1.807, 2.05) is 7.05 Å². The van der Waals surface area contributed by atoms with Crippen LogP contribution in [0.2, 0.25) is 0 Å². The Morgan fingerprint density at radius 1 is 1.65 bits per heavy atom. The minimum Gasteiger partial charge on any atom is -0.354 e. The third-order valence-electron chi connectivity index (χ3n) is 2.92. The van der Waals surface area contributed by atoms with Crippen LogP contribution in [0.1, 0.15) is 25.1 Å². The lowest BCUT2D eigenvalue weighted by Crippen LogP contribution is -2.47. The summed E-state index contributed by atoms with van der Waals surface area (Å²) in [6.45, 7) is 1.54. The van der Waals surface area contributed by atoms with Crippen LogP contribution in [0.4, 0.5) is 0 Å². The van der Waals surface area contributed by atoms with E-state index < -0.39 is 0 Å². The highest BCUT2D eigenvalue weighted by molar-refractivity contribution is 5.81. The summed E-state index contributed by atoms with van der Waals surface area (Å²) in [6, 6.07) is -0.0135. The molecular formula is C11H19N5O. The van der Waals surface area contributed by atoms with Crippen molar-refractivity contribution in [1.82, 2.24) is 25.4 Å². The second-order valence-electron chi connectivity index (χ2n) is 4.38. The first-order valence-corrected chi connectivity index (χ1v) is 6.11. The third-order valence-corrected chi connectivity index (χ3v) is 2.92. The topological polar surface area (TPSA) is 71.8 Å². The van der Waals surface area contributed by atoms with E-state index >= 15 is 0 Å². The molecule has 0 saturated carbocycles. The molecule has 94 valence electrons. The van der Waals surface area contributed by atoms with Crippen molar-refractivity contribution in [3.05, 3.63) is 12.2 Å². The number of hydrogen-bond acceptors (Lipinski definition) is 4. The summed E-state index contributed by atoms with van der Waals surface area (Å²) < 4.78 is 1.67. The quantitative estimate of drug-likeness (QED) is 0.748. The maximum atomic E-state index is 11.8. The summed E-state index contributed by atoms with van der Waals surface area (Å²) in [5.41, 5.74) is 0. The van der Waals surface area contributed by atoms with Crippen LogP contribution in [0.3, 0.4) is 0 Å². The number of nitrogens with zero attached hydrogens (tertiary/aromatic N) is 3. The lowest BCUT2D eigenvalue weighted by Gasteiger charge is -2.22. The summed E-state index contributed by atoms with van der Waals surface area (Å²) in [6.07, 6.45) is 5.58. The van der Waals surface area contributed by atoms with Crippen molar-refractivity contribution in [1.29, 1.82) is 0 Å². The standard InChI is InChI=1S/C11H19N5O/c1-16-8-14-10(15-16)5-7-13-11(17)9-4-2-3-6-12-9/h8-9,12H,2-7H2,1H3,(H,13,17)/t9-/m0/s1. The Balaban J connectivity index is 1.69. The van der Waals surface area contributed by atoms with E-state index in [1.54, 1.807) is 11.0 Å². The molecule has 2 rings (SSSR count). The number of piperidine rings is 1. The molecule has 1 amide bonds. The fourth-order valence-corrected chi connectivity index (χ4v) is 1.99. The molecule has 1 aliphatic heterocycles. The van der Waals surface area contributed by atoms with Crippen molar-refractivity contribution in [2.45, 2.75) is 31.7 Å². The monoisotopic (exact) mass is 237 g/mol. The first-order chi connectivity index (χ1) is 8.25. The van der Waals surface area contributed by atoms with Crippen LogP contribution in [-0.4, -0.2) is 39.8 Å². The van der Waals surface area contributed by atoms with Gasteiger partial charge in [0.05, 0.1) is 6.04 Å². The first kappa shape index (κ1) is 12.0. The van der Waals surface area contributed by atoms with E-state index in [2.05, 4.69) is 20.7 Å². The average molecular weight is 237 g/mol. The van der Waals surface area contributed by atoms with Crippen LogP contribution in [0.25, 0.3) is 0 Å². The van der Waals surface area contributed by atoms with Gasteiger partial charge in [-0.3, -0.25) is 9.48 Å². The molecule has 2 N–H and O–H groups in total. The fourth-order valence-electron chi connectivity index (χ4n) is 1.99. The molecule has 0 aliphatic carbocycles. The Hall–Kier alpha value is -1.43. The van der Waals surface area contributed by atoms with E-state index in [1.165, 1.54) is 6.42 Å². The van der Waals surface area contributed by atoms with Gasteiger partial charge in [-0.2, -0.15) is 5.10 Å². The highest BCUT2D eigenvalue weighted by Gasteiger charge is 2.19. The van der Waals surface area contributed by atoms with E-state index in [-0.39, 0.29) is 11.9 Å². The van der Waals surface area contributed by atoms with Crippen molar-refractivity contribution < 1.29 is 4.79 Å². The summed E-state index contributed by atoms with van der Waals surface area (Å²) in [4.78, 5) is 15.9. The molecule has 1 aromatic rings. The fraction of sp³-hybridized carbons (Fsp3) is 0.727. The number of aryl methyl sites for hydroxylation is 1. The van der Waals surface area contributed by atoms with Crippen molar-refractivity contribution in [3.8, 4) is 0 Å². The smallest absolute Gasteiger partial charge is 0.237 e. The second-order valence-corrected chi connectivity index (χ2v) is 4.38. The zero-order valence-corrected chi connectivity index (χ0v) is 10.1. The van der Waals surface area contributed by atoms with E-state index in [0.717, 1.165) is 25.2 Å². The van der Waals surface area contributed by atoms with Crippen LogP contribution in [-0.2, 0) is 18.3 Å². The molecule has 0 radical (unpaired) electrons. The van der Waals surface area contributed by atoms with Gasteiger partial charge in [0, 0.05) is 20.0 Å². The maximum absolute atomic E-state index is 11.8. The van der Waals surface area contributed by atoms with Gasteiger partial charge in [0.25, 0.3) is 0 Å². The molecule has 1 saturated heterocycles. The highest BCUT2D eigenvalue weighted by atomic mass is 16.2. The van der Waals surface area contributed by atoms with Gasteiger partial charge in [-0.15, -0.1) is 0 Å². The molecule has 6 heteroatoms. The van der Waals surface area contributed by atoms with E-state index in [4.69, 9.17) is 0 Å². The van der Waals surface area contributed by atoms with E-state index in [0.29, 0.717) is 13.0 Å². The Morgan fingerprint density at radius 3 is 3.18 bits per heavy atom. The predicted octanol–water partition coefficient (Wildman–Crippen LogP) is -0.384. The summed E-state index contributed by atoms with van der Waals surface area (Å²) in [5, 5.41) is 10.3. The predicted molar refractivity (Wildman–Crippen MR) is 63.4 cm³/mol. The van der Waals surface area contributed by atoms with Crippen molar-refractivity contribution >= 4 is 5.91 Å². The number of carbonyl (C=O) groups is 1. The Bertz CT molecular complexity index is 370. The van der Waals surface area contributed by atoms with Crippen molar-refractivity contribution in [3.63, 3.8) is 0 Å². The molecule has 1 aromatic heterocycles. The number of rotatable bonds is 4. The number of amides is 1. The molecule has 1 fully saturated rings. The zero-order valence-electron chi connectivity index (χ0n) is 10.1. The average Bonchev–Trinajstić information content (AvgIpc) is 2.76. The van der Waals surface area contributed by atoms with Gasteiger partial charge in [-0.05, 0) is 19.4 Å². The van der Waals surface area contributed by atoms with Crippen LogP contribution in [0.15, 0.2) is 6.33 Å². The zero-order chi connectivity index (χ0) is 12.1. The number of nitrogens with one attached hydrogen (secondary N) is 2. The molecular weight excluding hydrogens is 218 g/mol. The van der Waals surface area contributed by atoms with Crippen molar-refractivity contribution in [2.24, 2.45) is 7.05 Å². The first-order valence-electron chi connectivity index (χ1n) is 6.11. The van der Waals surface area contributed by atoms with Crippen molar-refractivity contribution in [2.75, 3.05) is 13.1 Å². The molecule has 0 spiro atoms. The summed E-state index contributed by atoms with van der Waals surface area (Å²) in [7, 11) is 1.83. The lowest BCUT2D eigenvalue weighted by molar-refractivity contribution is -0.123. The largest absolute Gasteiger partial charge is 0.354 e.